The van der Waals surface area contributed by atoms with Gasteiger partial charge < -0.3 is 20.2 Å². The first-order valence-corrected chi connectivity index (χ1v) is 11.7. The summed E-state index contributed by atoms with van der Waals surface area (Å²) in [7, 11) is 0. The molecule has 4 heterocycles. The molecule has 1 unspecified atom stereocenters. The van der Waals surface area contributed by atoms with Gasteiger partial charge in [0, 0.05) is 31.8 Å². The van der Waals surface area contributed by atoms with Crippen molar-refractivity contribution in [2.45, 2.75) is 44.6 Å². The molecule has 0 aromatic carbocycles. The van der Waals surface area contributed by atoms with E-state index in [9.17, 15) is 0 Å². The number of aromatic nitrogens is 4. The number of fused-ring (bicyclic) bond motifs is 1. The number of rotatable bonds is 10. The molecular formula is C25H31N7O2. The molecule has 9 heteroatoms. The molecule has 1 atom stereocenters. The van der Waals surface area contributed by atoms with E-state index < -0.39 is 0 Å². The molecule has 1 saturated heterocycles. The zero-order valence-corrected chi connectivity index (χ0v) is 19.6. The van der Waals surface area contributed by atoms with Crippen LogP contribution >= 0.6 is 0 Å². The molecule has 34 heavy (non-hydrogen) atoms. The molecule has 0 aliphatic carbocycles. The van der Waals surface area contributed by atoms with Crippen LogP contribution in [0, 0.1) is 5.41 Å². The molecule has 1 aliphatic heterocycles. The van der Waals surface area contributed by atoms with Crippen molar-refractivity contribution < 1.29 is 9.47 Å². The van der Waals surface area contributed by atoms with Gasteiger partial charge in [-0.05, 0) is 54.2 Å². The van der Waals surface area contributed by atoms with Gasteiger partial charge in [0.2, 0.25) is 0 Å². The summed E-state index contributed by atoms with van der Waals surface area (Å²) >= 11 is 0. The second-order valence-electron chi connectivity index (χ2n) is 8.59. The standard InChI is InChI=1S/C25H31N7O2/c1-17(2)18-12-25(32-29-16-18)31-24-4-3-22-23(30-24)11-19(15-28-22)20(13-26)14-27-7-10-34-21-5-8-33-9-6-21/h3-4,11-17,20-21,26H,5-10H2,1-2H3,(H,30,31,32). The molecule has 1 fully saturated rings. The van der Waals surface area contributed by atoms with E-state index in [1.165, 1.54) is 6.21 Å². The van der Waals surface area contributed by atoms with E-state index in [1.807, 2.05) is 24.3 Å². The van der Waals surface area contributed by atoms with Crippen LogP contribution < -0.4 is 5.32 Å². The first-order chi connectivity index (χ1) is 16.6. The van der Waals surface area contributed by atoms with Crippen molar-refractivity contribution in [3.63, 3.8) is 0 Å². The van der Waals surface area contributed by atoms with E-state index in [1.54, 1.807) is 18.6 Å². The van der Waals surface area contributed by atoms with Gasteiger partial charge in [0.15, 0.2) is 5.82 Å². The maximum Gasteiger partial charge on any atom is 0.154 e. The number of ether oxygens (including phenoxy) is 2. The third kappa shape index (κ3) is 6.39. The molecule has 0 spiro atoms. The Kier molecular flexibility index (Phi) is 8.21. The Morgan fingerprint density at radius 2 is 2.00 bits per heavy atom. The molecule has 1 aliphatic rings. The number of hydrogen-bond donors (Lipinski definition) is 2. The van der Waals surface area contributed by atoms with E-state index in [0.717, 1.165) is 48.2 Å². The minimum absolute atomic E-state index is 0.264. The number of nitrogens with zero attached hydrogens (tertiary/aromatic N) is 5. The summed E-state index contributed by atoms with van der Waals surface area (Å²) in [5.74, 6) is 1.40. The smallest absolute Gasteiger partial charge is 0.154 e. The van der Waals surface area contributed by atoms with Crippen LogP contribution in [0.2, 0.25) is 0 Å². The highest BCUT2D eigenvalue weighted by molar-refractivity contribution is 5.90. The van der Waals surface area contributed by atoms with Crippen LogP contribution in [-0.2, 0) is 9.47 Å². The molecule has 0 amide bonds. The Morgan fingerprint density at radius 1 is 1.15 bits per heavy atom. The van der Waals surface area contributed by atoms with Crippen molar-refractivity contribution in [3.05, 3.63) is 47.8 Å². The van der Waals surface area contributed by atoms with Crippen molar-refractivity contribution >= 4 is 35.1 Å². The van der Waals surface area contributed by atoms with Crippen LogP contribution in [0.5, 0.6) is 0 Å². The molecule has 0 bridgehead atoms. The number of pyridine rings is 2. The van der Waals surface area contributed by atoms with Gasteiger partial charge in [-0.15, -0.1) is 5.10 Å². The quantitative estimate of drug-likeness (QED) is 0.341. The monoisotopic (exact) mass is 461 g/mol. The predicted molar refractivity (Wildman–Crippen MR) is 134 cm³/mol. The number of nitrogens with one attached hydrogen (secondary N) is 2. The highest BCUT2D eigenvalue weighted by Gasteiger charge is 2.13. The van der Waals surface area contributed by atoms with Gasteiger partial charge in [-0.2, -0.15) is 5.10 Å². The van der Waals surface area contributed by atoms with E-state index in [-0.39, 0.29) is 12.0 Å². The van der Waals surface area contributed by atoms with Crippen LogP contribution in [0.25, 0.3) is 11.0 Å². The van der Waals surface area contributed by atoms with Crippen LogP contribution in [0.4, 0.5) is 11.6 Å². The fourth-order valence-corrected chi connectivity index (χ4v) is 3.69. The molecule has 3 aromatic rings. The van der Waals surface area contributed by atoms with Gasteiger partial charge in [-0.1, -0.05) is 13.8 Å². The van der Waals surface area contributed by atoms with Crippen LogP contribution in [0.1, 0.15) is 49.7 Å². The number of aliphatic imine (C=N–C) groups is 1. The van der Waals surface area contributed by atoms with Crippen LogP contribution in [-0.4, -0.2) is 65.1 Å². The molecule has 2 N–H and O–H groups in total. The van der Waals surface area contributed by atoms with Crippen molar-refractivity contribution in [2.24, 2.45) is 4.99 Å². The Morgan fingerprint density at radius 3 is 2.79 bits per heavy atom. The van der Waals surface area contributed by atoms with Gasteiger partial charge in [0.1, 0.15) is 5.82 Å². The van der Waals surface area contributed by atoms with Gasteiger partial charge in [0.05, 0.1) is 42.4 Å². The second-order valence-corrected chi connectivity index (χ2v) is 8.59. The summed E-state index contributed by atoms with van der Waals surface area (Å²) in [4.78, 5) is 13.7. The Bertz CT molecular complexity index is 1130. The molecule has 0 saturated carbocycles. The maximum atomic E-state index is 7.85. The average molecular weight is 462 g/mol. The molecule has 9 nitrogen and oxygen atoms in total. The zero-order chi connectivity index (χ0) is 23.8. The lowest BCUT2D eigenvalue weighted by atomic mass is 10.0. The fourth-order valence-electron chi connectivity index (χ4n) is 3.69. The highest BCUT2D eigenvalue weighted by atomic mass is 16.5. The molecular weight excluding hydrogens is 430 g/mol. The van der Waals surface area contributed by atoms with E-state index in [4.69, 9.17) is 19.9 Å². The summed E-state index contributed by atoms with van der Waals surface area (Å²) in [6, 6.07) is 7.71. The van der Waals surface area contributed by atoms with Gasteiger partial charge in [0.25, 0.3) is 0 Å². The third-order valence-electron chi connectivity index (χ3n) is 5.73. The minimum Gasteiger partial charge on any atom is -0.381 e. The van der Waals surface area contributed by atoms with Gasteiger partial charge in [-0.25, -0.2) is 4.98 Å². The lowest BCUT2D eigenvalue weighted by molar-refractivity contribution is -0.0289. The Balaban J connectivity index is 1.41. The van der Waals surface area contributed by atoms with Crippen molar-refractivity contribution in [3.8, 4) is 0 Å². The van der Waals surface area contributed by atoms with Crippen molar-refractivity contribution in [1.29, 1.82) is 5.41 Å². The Labute approximate surface area is 199 Å². The van der Waals surface area contributed by atoms with E-state index in [0.29, 0.717) is 30.7 Å². The number of anilines is 2. The predicted octanol–water partition coefficient (Wildman–Crippen LogP) is 4.29. The number of hydrogen-bond acceptors (Lipinski definition) is 9. The topological polar surface area (TPSA) is 118 Å². The summed E-state index contributed by atoms with van der Waals surface area (Å²) in [5.41, 5.74) is 3.48. The van der Waals surface area contributed by atoms with Crippen molar-refractivity contribution in [2.75, 3.05) is 31.7 Å². The highest BCUT2D eigenvalue weighted by Crippen LogP contribution is 2.22. The van der Waals surface area contributed by atoms with E-state index >= 15 is 0 Å². The largest absolute Gasteiger partial charge is 0.381 e. The first kappa shape index (κ1) is 23.8. The molecule has 4 rings (SSSR count). The molecule has 178 valence electrons. The summed E-state index contributed by atoms with van der Waals surface area (Å²) in [5, 5.41) is 19.3. The lowest BCUT2D eigenvalue weighted by Crippen LogP contribution is -2.24. The SMILES string of the molecule is CC(C)c1cnnc(Nc2ccc3ncc(C(C=N)C=NCCOC4CCOCC4)cc3n2)c1. The van der Waals surface area contributed by atoms with Gasteiger partial charge in [-0.3, -0.25) is 9.98 Å². The van der Waals surface area contributed by atoms with E-state index in [2.05, 4.69) is 39.3 Å². The van der Waals surface area contributed by atoms with Gasteiger partial charge >= 0.3 is 0 Å². The zero-order valence-electron chi connectivity index (χ0n) is 19.6. The lowest BCUT2D eigenvalue weighted by Gasteiger charge is -2.21. The molecule has 3 aromatic heterocycles. The average Bonchev–Trinajstić information content (AvgIpc) is 2.86. The summed E-state index contributed by atoms with van der Waals surface area (Å²) < 4.78 is 11.2. The second kappa shape index (κ2) is 11.7. The van der Waals surface area contributed by atoms with Crippen LogP contribution in [0.15, 0.2) is 41.7 Å². The molecule has 0 radical (unpaired) electrons. The summed E-state index contributed by atoms with van der Waals surface area (Å²) in [6.07, 6.45) is 8.83. The summed E-state index contributed by atoms with van der Waals surface area (Å²) in [6.45, 7) is 6.89. The van der Waals surface area contributed by atoms with Crippen LogP contribution in [0.3, 0.4) is 0 Å². The van der Waals surface area contributed by atoms with Crippen molar-refractivity contribution in [1.82, 2.24) is 20.2 Å². The maximum absolute atomic E-state index is 7.85. The Hall–Kier alpha value is -3.30. The normalized spacial score (nSPS) is 15.7. The first-order valence-electron chi connectivity index (χ1n) is 11.7. The minimum atomic E-state index is -0.271. The third-order valence-corrected chi connectivity index (χ3v) is 5.73. The fraction of sp³-hybridized carbons (Fsp3) is 0.440.